The van der Waals surface area contributed by atoms with E-state index in [1.54, 1.807) is 41.3 Å². The Kier molecular flexibility index (Phi) is 4.72. The molecule has 0 bridgehead atoms. The van der Waals surface area contributed by atoms with Crippen LogP contribution in [0.4, 0.5) is 5.69 Å². The Hall–Kier alpha value is -2.61. The lowest BCUT2D eigenvalue weighted by Crippen LogP contribution is -2.11. The minimum absolute atomic E-state index is 0.231. The maximum absolute atomic E-state index is 12.0. The highest BCUT2D eigenvalue weighted by Crippen LogP contribution is 2.19. The number of nitrogens with one attached hydrogen (secondary N) is 1. The van der Waals surface area contributed by atoms with Crippen molar-refractivity contribution in [3.05, 3.63) is 59.5 Å². The van der Waals surface area contributed by atoms with Gasteiger partial charge in [0.15, 0.2) is 10.4 Å². The number of nitrogens with zero attached hydrogens (tertiary/aromatic N) is 3. The monoisotopic (exact) mass is 376 g/mol. The van der Waals surface area contributed by atoms with E-state index in [-0.39, 0.29) is 11.7 Å². The molecular weight excluding hydrogens is 364 g/mol. The smallest absolute Gasteiger partial charge is 0.291 e. The topological polar surface area (TPSA) is 82.2 Å². The van der Waals surface area contributed by atoms with Crippen LogP contribution in [0.25, 0.3) is 0 Å². The van der Waals surface area contributed by atoms with Crippen molar-refractivity contribution in [2.75, 3.05) is 11.9 Å². The van der Waals surface area contributed by atoms with Gasteiger partial charge in [0, 0.05) is 11.8 Å². The summed E-state index contributed by atoms with van der Waals surface area (Å²) in [5.74, 6) is 0.563. The Bertz CT molecular complexity index is 786. The number of amides is 1. The van der Waals surface area contributed by atoms with Crippen molar-refractivity contribution in [3.8, 4) is 5.75 Å². The number of aromatic nitrogens is 3. The van der Waals surface area contributed by atoms with Crippen molar-refractivity contribution in [1.29, 1.82) is 0 Å². The molecule has 3 aromatic rings. The average molecular weight is 377 g/mol. The molecule has 0 aliphatic rings. The predicted octanol–water partition coefficient (Wildman–Crippen LogP) is 2.96. The summed E-state index contributed by atoms with van der Waals surface area (Å²) in [7, 11) is 0. The third-order valence-corrected chi connectivity index (χ3v) is 3.37. The number of halogens is 1. The van der Waals surface area contributed by atoms with Crippen molar-refractivity contribution >= 4 is 27.5 Å². The van der Waals surface area contributed by atoms with Gasteiger partial charge in [-0.05, 0) is 40.2 Å². The quantitative estimate of drug-likeness (QED) is 0.714. The van der Waals surface area contributed by atoms with E-state index in [4.69, 9.17) is 9.15 Å². The molecule has 0 atom stereocenters. The van der Waals surface area contributed by atoms with E-state index in [0.29, 0.717) is 29.3 Å². The minimum Gasteiger partial charge on any atom is -0.492 e. The first kappa shape index (κ1) is 15.3. The van der Waals surface area contributed by atoms with E-state index < -0.39 is 0 Å². The summed E-state index contributed by atoms with van der Waals surface area (Å²) in [5.41, 5.74) is 0.626. The zero-order valence-electron chi connectivity index (χ0n) is 12.0. The molecule has 0 saturated heterocycles. The second-order valence-corrected chi connectivity index (χ2v) is 5.37. The van der Waals surface area contributed by atoms with Crippen molar-refractivity contribution < 1.29 is 13.9 Å². The average Bonchev–Trinajstić information content (AvgIpc) is 3.19. The standard InChI is InChI=1S/C15H13BrN4O3/c16-14-5-4-13(23-14)15(21)19-11-2-1-3-12(8-11)22-7-6-20-10-17-9-18-20/h1-5,8-10H,6-7H2,(H,19,21). The van der Waals surface area contributed by atoms with Crippen LogP contribution in [0.1, 0.15) is 10.6 Å². The lowest BCUT2D eigenvalue weighted by atomic mass is 10.3. The molecule has 8 heteroatoms. The van der Waals surface area contributed by atoms with E-state index >= 15 is 0 Å². The lowest BCUT2D eigenvalue weighted by Gasteiger charge is -2.08. The highest BCUT2D eigenvalue weighted by atomic mass is 79.9. The predicted molar refractivity (Wildman–Crippen MR) is 86.3 cm³/mol. The summed E-state index contributed by atoms with van der Waals surface area (Å²) in [6, 6.07) is 10.4. The number of anilines is 1. The zero-order valence-corrected chi connectivity index (χ0v) is 13.6. The van der Waals surface area contributed by atoms with Crippen LogP contribution >= 0.6 is 15.9 Å². The van der Waals surface area contributed by atoms with Crippen molar-refractivity contribution in [2.45, 2.75) is 6.54 Å². The normalized spacial score (nSPS) is 10.5. The van der Waals surface area contributed by atoms with Gasteiger partial charge in [0.05, 0.1) is 6.54 Å². The molecule has 0 fully saturated rings. The molecule has 1 aromatic carbocycles. The van der Waals surface area contributed by atoms with E-state index in [1.165, 1.54) is 6.33 Å². The van der Waals surface area contributed by atoms with E-state index in [2.05, 4.69) is 31.3 Å². The third kappa shape index (κ3) is 4.19. The van der Waals surface area contributed by atoms with Gasteiger partial charge in [0.1, 0.15) is 25.0 Å². The molecule has 7 nitrogen and oxygen atoms in total. The zero-order chi connectivity index (χ0) is 16.1. The van der Waals surface area contributed by atoms with E-state index in [0.717, 1.165) is 0 Å². The van der Waals surface area contributed by atoms with E-state index in [9.17, 15) is 4.79 Å². The molecule has 0 spiro atoms. The van der Waals surface area contributed by atoms with Crippen LogP contribution in [0.3, 0.4) is 0 Å². The van der Waals surface area contributed by atoms with Gasteiger partial charge in [-0.15, -0.1) is 0 Å². The number of rotatable bonds is 6. The second kappa shape index (κ2) is 7.10. The van der Waals surface area contributed by atoms with Gasteiger partial charge < -0.3 is 14.5 Å². The fraction of sp³-hybridized carbons (Fsp3) is 0.133. The number of carbonyl (C=O) groups is 1. The molecule has 0 aliphatic heterocycles. The number of furan rings is 1. The molecule has 0 unspecified atom stereocenters. The Morgan fingerprint density at radius 1 is 1.35 bits per heavy atom. The van der Waals surface area contributed by atoms with Crippen molar-refractivity contribution in [2.24, 2.45) is 0 Å². The van der Waals surface area contributed by atoms with Crippen LogP contribution < -0.4 is 10.1 Å². The van der Waals surface area contributed by atoms with Crippen LogP contribution in [-0.4, -0.2) is 27.3 Å². The molecule has 118 valence electrons. The van der Waals surface area contributed by atoms with Gasteiger partial charge in [-0.25, -0.2) is 9.67 Å². The maximum atomic E-state index is 12.0. The molecular formula is C15H13BrN4O3. The first-order valence-corrected chi connectivity index (χ1v) is 7.62. The SMILES string of the molecule is O=C(Nc1cccc(OCCn2cncn2)c1)c1ccc(Br)o1. The van der Waals surface area contributed by atoms with Crippen LogP contribution in [0.2, 0.25) is 0 Å². The maximum Gasteiger partial charge on any atom is 0.291 e. The molecule has 0 radical (unpaired) electrons. The summed E-state index contributed by atoms with van der Waals surface area (Å²) in [4.78, 5) is 15.9. The first-order valence-electron chi connectivity index (χ1n) is 6.83. The molecule has 1 N–H and O–H groups in total. The number of hydrogen-bond donors (Lipinski definition) is 1. The third-order valence-electron chi connectivity index (χ3n) is 2.94. The molecule has 3 rings (SSSR count). The Morgan fingerprint density at radius 3 is 3.00 bits per heavy atom. The van der Waals surface area contributed by atoms with Gasteiger partial charge >= 0.3 is 0 Å². The first-order chi connectivity index (χ1) is 11.2. The van der Waals surface area contributed by atoms with Crippen LogP contribution in [0.15, 0.2) is 58.1 Å². The summed E-state index contributed by atoms with van der Waals surface area (Å²) in [6.07, 6.45) is 3.10. The minimum atomic E-state index is -0.324. The molecule has 0 aliphatic carbocycles. The number of benzene rings is 1. The van der Waals surface area contributed by atoms with Gasteiger partial charge in [-0.2, -0.15) is 5.10 Å². The van der Waals surface area contributed by atoms with Crippen molar-refractivity contribution in [1.82, 2.24) is 14.8 Å². The molecule has 2 heterocycles. The highest BCUT2D eigenvalue weighted by Gasteiger charge is 2.10. The molecule has 1 amide bonds. The Morgan fingerprint density at radius 2 is 2.26 bits per heavy atom. The second-order valence-electron chi connectivity index (χ2n) is 4.59. The van der Waals surface area contributed by atoms with E-state index in [1.807, 2.05) is 6.07 Å². The largest absolute Gasteiger partial charge is 0.492 e. The van der Waals surface area contributed by atoms with Gasteiger partial charge in [-0.1, -0.05) is 6.07 Å². The lowest BCUT2D eigenvalue weighted by molar-refractivity contribution is 0.0995. The van der Waals surface area contributed by atoms with Gasteiger partial charge in [-0.3, -0.25) is 4.79 Å². The number of carbonyl (C=O) groups excluding carboxylic acids is 1. The summed E-state index contributed by atoms with van der Waals surface area (Å²) >= 11 is 3.16. The Labute approximate surface area is 140 Å². The van der Waals surface area contributed by atoms with Crippen molar-refractivity contribution in [3.63, 3.8) is 0 Å². The van der Waals surface area contributed by atoms with Gasteiger partial charge in [0.2, 0.25) is 0 Å². The highest BCUT2D eigenvalue weighted by molar-refractivity contribution is 9.10. The van der Waals surface area contributed by atoms with Crippen LogP contribution in [-0.2, 0) is 6.54 Å². The fourth-order valence-corrected chi connectivity index (χ4v) is 2.20. The fourth-order valence-electron chi connectivity index (χ4n) is 1.90. The molecule has 2 aromatic heterocycles. The van der Waals surface area contributed by atoms with Crippen LogP contribution in [0.5, 0.6) is 5.75 Å². The summed E-state index contributed by atoms with van der Waals surface area (Å²) in [5, 5.41) is 6.75. The summed E-state index contributed by atoms with van der Waals surface area (Å²) in [6.45, 7) is 1.04. The number of hydrogen-bond acceptors (Lipinski definition) is 5. The summed E-state index contributed by atoms with van der Waals surface area (Å²) < 4.78 is 13.0. The molecule has 0 saturated carbocycles. The number of ether oxygens (including phenoxy) is 1. The van der Waals surface area contributed by atoms with Crippen LogP contribution in [0, 0.1) is 0 Å². The molecule has 23 heavy (non-hydrogen) atoms. The van der Waals surface area contributed by atoms with Gasteiger partial charge in [0.25, 0.3) is 5.91 Å². The Balaban J connectivity index is 1.57.